The number of likely N-dealkylation sites (tertiary alicyclic amines) is 1. The average Bonchev–Trinajstić information content (AvgIpc) is 2.50. The van der Waals surface area contributed by atoms with Crippen molar-refractivity contribution in [2.24, 2.45) is 0 Å². The van der Waals surface area contributed by atoms with E-state index in [2.05, 4.69) is 22.1 Å². The fourth-order valence-electron chi connectivity index (χ4n) is 2.47. The maximum atomic E-state index is 5.76. The zero-order chi connectivity index (χ0) is 14.0. The van der Waals surface area contributed by atoms with E-state index >= 15 is 0 Å². The molecule has 0 saturated carbocycles. The summed E-state index contributed by atoms with van der Waals surface area (Å²) in [5.74, 6) is 0.876. The highest BCUT2D eigenvalue weighted by Crippen LogP contribution is 2.11. The third-order valence-electron chi connectivity index (χ3n) is 3.66. The summed E-state index contributed by atoms with van der Waals surface area (Å²) in [6.45, 7) is 8.28. The summed E-state index contributed by atoms with van der Waals surface area (Å²) in [6.07, 6.45) is 7.04. The van der Waals surface area contributed by atoms with Crippen LogP contribution in [0.5, 0.6) is 5.75 Å². The third-order valence-corrected chi connectivity index (χ3v) is 3.66. The van der Waals surface area contributed by atoms with Gasteiger partial charge in [0.1, 0.15) is 12.4 Å². The monoisotopic (exact) mass is 277 g/mol. The van der Waals surface area contributed by atoms with E-state index in [0.717, 1.165) is 44.1 Å². The van der Waals surface area contributed by atoms with Crippen LogP contribution < -0.4 is 10.1 Å². The third kappa shape index (κ3) is 5.47. The minimum Gasteiger partial charge on any atom is -0.491 e. The van der Waals surface area contributed by atoms with Crippen molar-refractivity contribution in [2.75, 3.05) is 32.8 Å². The SMILES string of the molecule is CCCNCc1ccc(OCCN2CCCCC2)cn1. The molecule has 2 heterocycles. The number of aromatic nitrogens is 1. The van der Waals surface area contributed by atoms with Gasteiger partial charge in [0.05, 0.1) is 11.9 Å². The van der Waals surface area contributed by atoms with Crippen molar-refractivity contribution in [3.8, 4) is 5.75 Å². The minimum atomic E-state index is 0.759. The second kappa shape index (κ2) is 8.93. The van der Waals surface area contributed by atoms with Crippen molar-refractivity contribution in [1.82, 2.24) is 15.2 Å². The normalized spacial score (nSPS) is 16.2. The Labute approximate surface area is 122 Å². The van der Waals surface area contributed by atoms with E-state index in [9.17, 15) is 0 Å². The summed E-state index contributed by atoms with van der Waals surface area (Å²) in [5, 5.41) is 3.35. The van der Waals surface area contributed by atoms with Gasteiger partial charge in [0.15, 0.2) is 0 Å². The molecule has 1 aliphatic rings. The first-order valence-corrected chi connectivity index (χ1v) is 7.89. The molecule has 0 bridgehead atoms. The van der Waals surface area contributed by atoms with E-state index in [4.69, 9.17) is 4.74 Å². The molecule has 1 saturated heterocycles. The molecule has 0 amide bonds. The molecule has 1 N–H and O–H groups in total. The Bertz CT molecular complexity index is 360. The maximum absolute atomic E-state index is 5.76. The summed E-state index contributed by atoms with van der Waals surface area (Å²) >= 11 is 0. The summed E-state index contributed by atoms with van der Waals surface area (Å²) in [4.78, 5) is 6.90. The lowest BCUT2D eigenvalue weighted by atomic mass is 10.1. The van der Waals surface area contributed by atoms with Crippen LogP contribution in [0.4, 0.5) is 0 Å². The molecule has 1 fully saturated rings. The molecule has 0 aromatic carbocycles. The van der Waals surface area contributed by atoms with Crippen molar-refractivity contribution in [1.29, 1.82) is 0 Å². The first-order chi connectivity index (χ1) is 9.88. The Morgan fingerprint density at radius 2 is 2.10 bits per heavy atom. The molecule has 0 atom stereocenters. The van der Waals surface area contributed by atoms with E-state index in [0.29, 0.717) is 0 Å². The van der Waals surface area contributed by atoms with Crippen LogP contribution in [0.25, 0.3) is 0 Å². The first-order valence-electron chi connectivity index (χ1n) is 7.89. The van der Waals surface area contributed by atoms with Gasteiger partial charge in [-0.1, -0.05) is 13.3 Å². The van der Waals surface area contributed by atoms with Crippen molar-refractivity contribution < 1.29 is 4.74 Å². The van der Waals surface area contributed by atoms with Crippen LogP contribution in [0.1, 0.15) is 38.3 Å². The Balaban J connectivity index is 1.65. The molecule has 4 heteroatoms. The number of hydrogen-bond acceptors (Lipinski definition) is 4. The highest BCUT2D eigenvalue weighted by molar-refractivity contribution is 5.19. The zero-order valence-electron chi connectivity index (χ0n) is 12.6. The van der Waals surface area contributed by atoms with Crippen molar-refractivity contribution in [3.63, 3.8) is 0 Å². The molecule has 0 aliphatic carbocycles. The van der Waals surface area contributed by atoms with Crippen molar-refractivity contribution >= 4 is 0 Å². The van der Waals surface area contributed by atoms with Gasteiger partial charge in [0.25, 0.3) is 0 Å². The van der Waals surface area contributed by atoms with Crippen molar-refractivity contribution in [3.05, 3.63) is 24.0 Å². The second-order valence-corrected chi connectivity index (χ2v) is 5.41. The van der Waals surface area contributed by atoms with Crippen LogP contribution in [0, 0.1) is 0 Å². The lowest BCUT2D eigenvalue weighted by molar-refractivity contribution is 0.183. The van der Waals surface area contributed by atoms with Crippen LogP contribution >= 0.6 is 0 Å². The van der Waals surface area contributed by atoms with Gasteiger partial charge in [-0.15, -0.1) is 0 Å². The smallest absolute Gasteiger partial charge is 0.137 e. The van der Waals surface area contributed by atoms with Gasteiger partial charge in [-0.3, -0.25) is 9.88 Å². The fraction of sp³-hybridized carbons (Fsp3) is 0.688. The van der Waals surface area contributed by atoms with Gasteiger partial charge in [0.2, 0.25) is 0 Å². The molecular formula is C16H27N3O. The molecular weight excluding hydrogens is 250 g/mol. The summed E-state index contributed by atoms with van der Waals surface area (Å²) in [7, 11) is 0. The Morgan fingerprint density at radius 1 is 1.25 bits per heavy atom. The molecule has 0 unspecified atom stereocenters. The van der Waals surface area contributed by atoms with Crippen LogP contribution in [0.15, 0.2) is 18.3 Å². The van der Waals surface area contributed by atoms with Crippen LogP contribution in [-0.2, 0) is 6.54 Å². The number of nitrogens with one attached hydrogen (secondary N) is 1. The average molecular weight is 277 g/mol. The Kier molecular flexibility index (Phi) is 6.81. The Morgan fingerprint density at radius 3 is 2.80 bits per heavy atom. The Hall–Kier alpha value is -1.13. The number of ether oxygens (including phenoxy) is 1. The highest BCUT2D eigenvalue weighted by atomic mass is 16.5. The predicted molar refractivity (Wildman–Crippen MR) is 82.0 cm³/mol. The molecule has 2 rings (SSSR count). The van der Waals surface area contributed by atoms with Gasteiger partial charge in [-0.05, 0) is 51.0 Å². The fourth-order valence-corrected chi connectivity index (χ4v) is 2.47. The minimum absolute atomic E-state index is 0.759. The van der Waals surface area contributed by atoms with E-state index in [1.807, 2.05) is 18.3 Å². The summed E-state index contributed by atoms with van der Waals surface area (Å²) < 4.78 is 5.76. The van der Waals surface area contributed by atoms with E-state index in [1.54, 1.807) is 0 Å². The topological polar surface area (TPSA) is 37.4 Å². The van der Waals surface area contributed by atoms with Gasteiger partial charge < -0.3 is 10.1 Å². The van der Waals surface area contributed by atoms with E-state index in [1.165, 1.54) is 32.4 Å². The van der Waals surface area contributed by atoms with Gasteiger partial charge in [0, 0.05) is 13.1 Å². The summed E-state index contributed by atoms with van der Waals surface area (Å²) in [5.41, 5.74) is 1.07. The number of nitrogens with zero attached hydrogens (tertiary/aromatic N) is 2. The van der Waals surface area contributed by atoms with E-state index < -0.39 is 0 Å². The lowest BCUT2D eigenvalue weighted by Crippen LogP contribution is -2.33. The highest BCUT2D eigenvalue weighted by Gasteiger charge is 2.09. The number of pyridine rings is 1. The maximum Gasteiger partial charge on any atom is 0.137 e. The molecule has 0 spiro atoms. The van der Waals surface area contributed by atoms with Crippen LogP contribution in [0.2, 0.25) is 0 Å². The number of rotatable bonds is 8. The lowest BCUT2D eigenvalue weighted by Gasteiger charge is -2.26. The molecule has 1 aromatic heterocycles. The van der Waals surface area contributed by atoms with Gasteiger partial charge in [-0.2, -0.15) is 0 Å². The largest absolute Gasteiger partial charge is 0.491 e. The molecule has 20 heavy (non-hydrogen) atoms. The van der Waals surface area contributed by atoms with Gasteiger partial charge >= 0.3 is 0 Å². The molecule has 1 aliphatic heterocycles. The number of hydrogen-bond donors (Lipinski definition) is 1. The second-order valence-electron chi connectivity index (χ2n) is 5.41. The quantitative estimate of drug-likeness (QED) is 0.741. The zero-order valence-corrected chi connectivity index (χ0v) is 12.6. The van der Waals surface area contributed by atoms with E-state index in [-0.39, 0.29) is 0 Å². The molecule has 1 aromatic rings. The van der Waals surface area contributed by atoms with Crippen molar-refractivity contribution in [2.45, 2.75) is 39.2 Å². The molecule has 0 radical (unpaired) electrons. The predicted octanol–water partition coefficient (Wildman–Crippen LogP) is 2.45. The number of piperidine rings is 1. The molecule has 4 nitrogen and oxygen atoms in total. The van der Waals surface area contributed by atoms with Crippen LogP contribution in [0.3, 0.4) is 0 Å². The van der Waals surface area contributed by atoms with Gasteiger partial charge in [-0.25, -0.2) is 0 Å². The standard InChI is InChI=1S/C16H27N3O/c1-2-8-17-13-15-6-7-16(14-18-15)20-12-11-19-9-4-3-5-10-19/h6-7,14,17H,2-5,8-13H2,1H3. The summed E-state index contributed by atoms with van der Waals surface area (Å²) in [6, 6.07) is 4.06. The molecule has 112 valence electrons. The first kappa shape index (κ1) is 15.3. The van der Waals surface area contributed by atoms with Crippen LogP contribution in [-0.4, -0.2) is 42.7 Å².